The van der Waals surface area contributed by atoms with E-state index in [-0.39, 0.29) is 12.2 Å². The Hall–Kier alpha value is -0.380. The molecule has 0 aliphatic carbocycles. The van der Waals surface area contributed by atoms with Gasteiger partial charge in [-0.1, -0.05) is 20.4 Å². The highest BCUT2D eigenvalue weighted by Gasteiger charge is 2.40. The van der Waals surface area contributed by atoms with Gasteiger partial charge in [0.05, 0.1) is 6.10 Å². The maximum absolute atomic E-state index is 5.84. The second-order valence-electron chi connectivity index (χ2n) is 3.89. The number of rotatable bonds is 3. The van der Waals surface area contributed by atoms with Crippen molar-refractivity contribution in [3.8, 4) is 0 Å². The lowest BCUT2D eigenvalue weighted by molar-refractivity contribution is -0.496. The molecule has 82 valence electrons. The fourth-order valence-corrected chi connectivity index (χ4v) is 1.66. The summed E-state index contributed by atoms with van der Waals surface area (Å²) in [6, 6.07) is 0. The highest BCUT2D eigenvalue weighted by molar-refractivity contribution is 5.01. The van der Waals surface area contributed by atoms with Crippen molar-refractivity contribution in [2.24, 2.45) is 0 Å². The summed E-state index contributed by atoms with van der Waals surface area (Å²) in [7, 11) is 0. The summed E-state index contributed by atoms with van der Waals surface area (Å²) in [5.41, 5.74) is 0.929. The zero-order chi connectivity index (χ0) is 10.8. The largest absolute Gasteiger partial charge is 0.341 e. The Labute approximate surface area is 86.0 Å². The molecule has 0 unspecified atom stereocenters. The van der Waals surface area contributed by atoms with Crippen LogP contribution in [-0.4, -0.2) is 18.0 Å². The average molecular weight is 200 g/mol. The van der Waals surface area contributed by atoms with Gasteiger partial charge < -0.3 is 4.74 Å². The van der Waals surface area contributed by atoms with Gasteiger partial charge in [-0.3, -0.25) is 0 Å². The van der Waals surface area contributed by atoms with Gasteiger partial charge in [0.2, 0.25) is 5.79 Å². The Bertz CT molecular complexity index is 209. The van der Waals surface area contributed by atoms with Crippen molar-refractivity contribution >= 4 is 0 Å². The molecule has 1 rings (SSSR count). The minimum absolute atomic E-state index is 0.00106. The zero-order valence-electron chi connectivity index (χ0n) is 9.50. The van der Waals surface area contributed by atoms with Gasteiger partial charge in [0, 0.05) is 12.8 Å². The van der Waals surface area contributed by atoms with Gasteiger partial charge in [-0.25, -0.2) is 9.78 Å². The predicted octanol–water partition coefficient (Wildman–Crippen LogP) is 2.81. The van der Waals surface area contributed by atoms with Crippen molar-refractivity contribution < 1.29 is 14.5 Å². The molecule has 0 saturated carbocycles. The van der Waals surface area contributed by atoms with Gasteiger partial charge in [-0.05, 0) is 19.4 Å². The number of hydrogen-bond donors (Lipinski definition) is 0. The molecule has 3 heteroatoms. The van der Waals surface area contributed by atoms with E-state index in [0.29, 0.717) is 0 Å². The quantitative estimate of drug-likeness (QED) is 0.518. The van der Waals surface area contributed by atoms with Crippen LogP contribution < -0.4 is 0 Å². The molecule has 0 amide bonds. The monoisotopic (exact) mass is 200 g/mol. The minimum atomic E-state index is -0.564. The smallest absolute Gasteiger partial charge is 0.201 e. The van der Waals surface area contributed by atoms with Crippen molar-refractivity contribution in [1.82, 2.24) is 0 Å². The topological polar surface area (TPSA) is 27.7 Å². The standard InChI is InChI=1S/C11H20O3/c1-6-11(7-2)12-9(5)10(8(3)4)13-14-11/h9-10H,3,6-7H2,1-2,4-5H3/t9-,10-/m1/s1. The van der Waals surface area contributed by atoms with Crippen LogP contribution in [0.3, 0.4) is 0 Å². The summed E-state index contributed by atoms with van der Waals surface area (Å²) in [4.78, 5) is 10.7. The minimum Gasteiger partial charge on any atom is -0.341 e. The van der Waals surface area contributed by atoms with Crippen LogP contribution in [0.1, 0.15) is 40.5 Å². The van der Waals surface area contributed by atoms with E-state index in [1.54, 1.807) is 0 Å². The third-order valence-corrected chi connectivity index (χ3v) is 2.69. The molecule has 2 atom stereocenters. The zero-order valence-corrected chi connectivity index (χ0v) is 9.50. The molecule has 1 fully saturated rings. The van der Waals surface area contributed by atoms with E-state index < -0.39 is 5.79 Å². The van der Waals surface area contributed by atoms with Gasteiger partial charge in [-0.15, -0.1) is 0 Å². The normalized spacial score (nSPS) is 31.4. The molecular weight excluding hydrogens is 180 g/mol. The Morgan fingerprint density at radius 2 is 1.93 bits per heavy atom. The lowest BCUT2D eigenvalue weighted by Crippen LogP contribution is -2.49. The summed E-state index contributed by atoms with van der Waals surface area (Å²) >= 11 is 0. The van der Waals surface area contributed by atoms with Crippen molar-refractivity contribution in [3.05, 3.63) is 12.2 Å². The van der Waals surface area contributed by atoms with Gasteiger partial charge in [0.25, 0.3) is 0 Å². The molecule has 14 heavy (non-hydrogen) atoms. The van der Waals surface area contributed by atoms with Gasteiger partial charge in [-0.2, -0.15) is 0 Å². The first-order chi connectivity index (χ1) is 6.54. The van der Waals surface area contributed by atoms with E-state index in [1.165, 1.54) is 0 Å². The Morgan fingerprint density at radius 3 is 2.29 bits per heavy atom. The van der Waals surface area contributed by atoms with Crippen molar-refractivity contribution in [2.75, 3.05) is 0 Å². The maximum atomic E-state index is 5.84. The fourth-order valence-electron chi connectivity index (χ4n) is 1.66. The van der Waals surface area contributed by atoms with Crippen LogP contribution in [0.2, 0.25) is 0 Å². The molecular formula is C11H20O3. The lowest BCUT2D eigenvalue weighted by Gasteiger charge is -2.41. The van der Waals surface area contributed by atoms with E-state index in [0.717, 1.165) is 18.4 Å². The molecule has 3 nitrogen and oxygen atoms in total. The summed E-state index contributed by atoms with van der Waals surface area (Å²) in [5, 5.41) is 0. The van der Waals surface area contributed by atoms with Crippen LogP contribution >= 0.6 is 0 Å². The third-order valence-electron chi connectivity index (χ3n) is 2.69. The average Bonchev–Trinajstić information content (AvgIpc) is 2.17. The molecule has 0 N–H and O–H groups in total. The number of ether oxygens (including phenoxy) is 1. The summed E-state index contributed by atoms with van der Waals surface area (Å²) < 4.78 is 5.84. The second-order valence-corrected chi connectivity index (χ2v) is 3.89. The Morgan fingerprint density at radius 1 is 1.36 bits per heavy atom. The number of hydrogen-bond acceptors (Lipinski definition) is 3. The molecule has 0 spiro atoms. The SMILES string of the molecule is C=C(C)[C@H]1OOC(CC)(CC)O[C@@H]1C. The first-order valence-corrected chi connectivity index (χ1v) is 5.22. The molecule has 0 aromatic rings. The Balaban J connectivity index is 2.66. The molecule has 1 saturated heterocycles. The van der Waals surface area contributed by atoms with Crippen LogP contribution in [-0.2, 0) is 14.5 Å². The predicted molar refractivity (Wildman–Crippen MR) is 54.6 cm³/mol. The molecule has 0 radical (unpaired) electrons. The second kappa shape index (κ2) is 4.43. The Kier molecular flexibility index (Phi) is 3.70. The van der Waals surface area contributed by atoms with Crippen LogP contribution in [0.15, 0.2) is 12.2 Å². The lowest BCUT2D eigenvalue weighted by atomic mass is 10.1. The summed E-state index contributed by atoms with van der Waals surface area (Å²) in [6.07, 6.45) is 1.43. The molecule has 0 aromatic heterocycles. The first-order valence-electron chi connectivity index (χ1n) is 5.22. The van der Waals surface area contributed by atoms with Crippen LogP contribution in [0.5, 0.6) is 0 Å². The van der Waals surface area contributed by atoms with E-state index in [1.807, 2.05) is 27.7 Å². The van der Waals surface area contributed by atoms with Crippen molar-refractivity contribution in [3.63, 3.8) is 0 Å². The maximum Gasteiger partial charge on any atom is 0.201 e. The van der Waals surface area contributed by atoms with Gasteiger partial charge in [0.15, 0.2) is 0 Å². The van der Waals surface area contributed by atoms with Gasteiger partial charge in [0.1, 0.15) is 6.10 Å². The van der Waals surface area contributed by atoms with Crippen molar-refractivity contribution in [1.29, 1.82) is 0 Å². The highest BCUT2D eigenvalue weighted by atomic mass is 17.2. The van der Waals surface area contributed by atoms with E-state index >= 15 is 0 Å². The van der Waals surface area contributed by atoms with Crippen LogP contribution in [0, 0.1) is 0 Å². The van der Waals surface area contributed by atoms with Gasteiger partial charge >= 0.3 is 0 Å². The summed E-state index contributed by atoms with van der Waals surface area (Å²) in [5.74, 6) is -0.564. The first kappa shape index (κ1) is 11.7. The molecule has 1 aliphatic heterocycles. The molecule has 0 bridgehead atoms. The molecule has 0 aromatic carbocycles. The van der Waals surface area contributed by atoms with E-state index in [2.05, 4.69) is 6.58 Å². The highest BCUT2D eigenvalue weighted by Crippen LogP contribution is 2.32. The summed E-state index contributed by atoms with van der Waals surface area (Å²) in [6.45, 7) is 11.8. The van der Waals surface area contributed by atoms with E-state index in [9.17, 15) is 0 Å². The van der Waals surface area contributed by atoms with Crippen LogP contribution in [0.25, 0.3) is 0 Å². The van der Waals surface area contributed by atoms with E-state index in [4.69, 9.17) is 14.5 Å². The van der Waals surface area contributed by atoms with Crippen molar-refractivity contribution in [2.45, 2.75) is 58.5 Å². The third kappa shape index (κ3) is 2.16. The fraction of sp³-hybridized carbons (Fsp3) is 0.818. The van der Waals surface area contributed by atoms with Crippen LogP contribution in [0.4, 0.5) is 0 Å². The molecule has 1 heterocycles. The molecule has 1 aliphatic rings.